The first-order valence-electron chi connectivity index (χ1n) is 9.85. The van der Waals surface area contributed by atoms with Crippen molar-refractivity contribution in [1.82, 2.24) is 14.7 Å². The van der Waals surface area contributed by atoms with Gasteiger partial charge in [0.25, 0.3) is 0 Å². The smallest absolute Gasteiger partial charge is 0.246 e. The normalized spacial score (nSPS) is 21.9. The van der Waals surface area contributed by atoms with Gasteiger partial charge < -0.3 is 14.2 Å². The lowest BCUT2D eigenvalue weighted by molar-refractivity contribution is -0.126. The van der Waals surface area contributed by atoms with Crippen molar-refractivity contribution in [3.63, 3.8) is 0 Å². The highest BCUT2D eigenvalue weighted by Crippen LogP contribution is 2.31. The van der Waals surface area contributed by atoms with Gasteiger partial charge in [0.2, 0.25) is 5.91 Å². The Balaban J connectivity index is 1.42. The summed E-state index contributed by atoms with van der Waals surface area (Å²) in [6.07, 6.45) is 5.43. The molecule has 1 atom stereocenters. The van der Waals surface area contributed by atoms with Crippen LogP contribution in [0.2, 0.25) is 0 Å². The summed E-state index contributed by atoms with van der Waals surface area (Å²) >= 11 is 0. The van der Waals surface area contributed by atoms with E-state index in [1.54, 1.807) is 30.5 Å². The molecule has 1 unspecified atom stereocenters. The zero-order valence-electron chi connectivity index (χ0n) is 16.7. The second-order valence-electron chi connectivity index (χ2n) is 7.68. The number of carbonyl (C=O) groups is 1. The second kappa shape index (κ2) is 7.70. The number of anilines is 1. The third-order valence-electron chi connectivity index (χ3n) is 5.68. The van der Waals surface area contributed by atoms with E-state index in [0.717, 1.165) is 30.2 Å². The lowest BCUT2D eigenvalue weighted by Gasteiger charge is -2.35. The van der Waals surface area contributed by atoms with Crippen LogP contribution in [0.1, 0.15) is 29.6 Å². The molecule has 2 aromatic rings. The van der Waals surface area contributed by atoms with Crippen LogP contribution in [0.25, 0.3) is 6.08 Å². The van der Waals surface area contributed by atoms with Crippen molar-refractivity contribution in [3.05, 3.63) is 41.6 Å². The standard InChI is InChI=1S/C20H26N4O4S/c1-15-20(16(2)24(21-15)17-7-13-29(26,27)14-17)23-10-8-22(9-11-23)19(25)6-5-18-4-3-12-28-18/h3-6,12,17H,7-11,13-14H2,1-2H3/b6-5+. The molecular weight excluding hydrogens is 392 g/mol. The molecule has 4 rings (SSSR count). The molecule has 29 heavy (non-hydrogen) atoms. The molecule has 0 spiro atoms. The summed E-state index contributed by atoms with van der Waals surface area (Å²) in [6, 6.07) is 3.51. The highest BCUT2D eigenvalue weighted by Gasteiger charge is 2.32. The van der Waals surface area contributed by atoms with E-state index in [2.05, 4.69) is 10.00 Å². The molecule has 4 heterocycles. The van der Waals surface area contributed by atoms with Gasteiger partial charge in [-0.05, 0) is 38.5 Å². The maximum atomic E-state index is 12.4. The van der Waals surface area contributed by atoms with Gasteiger partial charge >= 0.3 is 0 Å². The summed E-state index contributed by atoms with van der Waals surface area (Å²) in [7, 11) is -2.96. The van der Waals surface area contributed by atoms with Crippen LogP contribution in [0.5, 0.6) is 0 Å². The molecule has 0 aromatic carbocycles. The van der Waals surface area contributed by atoms with Crippen LogP contribution in [0.15, 0.2) is 28.9 Å². The molecule has 8 nitrogen and oxygen atoms in total. The number of aromatic nitrogens is 2. The number of sulfone groups is 1. The largest absolute Gasteiger partial charge is 0.465 e. The Bertz CT molecular complexity index is 1020. The van der Waals surface area contributed by atoms with Crippen LogP contribution in [0.4, 0.5) is 5.69 Å². The van der Waals surface area contributed by atoms with E-state index in [1.807, 2.05) is 23.4 Å². The Labute approximate surface area is 170 Å². The van der Waals surface area contributed by atoms with Gasteiger partial charge in [-0.15, -0.1) is 0 Å². The van der Waals surface area contributed by atoms with E-state index < -0.39 is 9.84 Å². The number of rotatable bonds is 4. The number of carbonyl (C=O) groups excluding carboxylic acids is 1. The highest BCUT2D eigenvalue weighted by atomic mass is 32.2. The monoisotopic (exact) mass is 418 g/mol. The first-order chi connectivity index (χ1) is 13.8. The van der Waals surface area contributed by atoms with Crippen LogP contribution in [0, 0.1) is 13.8 Å². The summed E-state index contributed by atoms with van der Waals surface area (Å²) in [5, 5.41) is 4.65. The Morgan fingerprint density at radius 2 is 2.00 bits per heavy atom. The number of aryl methyl sites for hydroxylation is 1. The molecule has 1 amide bonds. The molecule has 2 saturated heterocycles. The number of nitrogens with zero attached hydrogens (tertiary/aromatic N) is 4. The van der Waals surface area contributed by atoms with Crippen molar-refractivity contribution in [1.29, 1.82) is 0 Å². The lowest BCUT2D eigenvalue weighted by Crippen LogP contribution is -2.48. The number of piperazine rings is 1. The first-order valence-corrected chi connectivity index (χ1v) is 11.7. The van der Waals surface area contributed by atoms with Crippen molar-refractivity contribution in [3.8, 4) is 0 Å². The SMILES string of the molecule is Cc1nn(C2CCS(=O)(=O)C2)c(C)c1N1CCN(C(=O)/C=C/c2ccco2)CC1. The zero-order chi connectivity index (χ0) is 20.6. The van der Waals surface area contributed by atoms with E-state index in [-0.39, 0.29) is 23.5 Å². The fourth-order valence-electron chi connectivity index (χ4n) is 4.23. The molecule has 2 aliphatic rings. The Kier molecular flexibility index (Phi) is 5.24. The molecule has 2 aromatic heterocycles. The fourth-order valence-corrected chi connectivity index (χ4v) is 5.92. The Hall–Kier alpha value is -2.55. The third kappa shape index (κ3) is 4.10. The average molecular weight is 419 g/mol. The van der Waals surface area contributed by atoms with Crippen LogP contribution in [0.3, 0.4) is 0 Å². The number of hydrogen-bond donors (Lipinski definition) is 0. The predicted molar refractivity (Wildman–Crippen MR) is 111 cm³/mol. The predicted octanol–water partition coefficient (Wildman–Crippen LogP) is 1.81. The topological polar surface area (TPSA) is 88.7 Å². The van der Waals surface area contributed by atoms with E-state index in [4.69, 9.17) is 4.42 Å². The molecule has 0 bridgehead atoms. The van der Waals surface area contributed by atoms with Crippen molar-refractivity contribution in [2.75, 3.05) is 42.6 Å². The van der Waals surface area contributed by atoms with Crippen LogP contribution < -0.4 is 4.90 Å². The van der Waals surface area contributed by atoms with E-state index in [1.165, 1.54) is 0 Å². The molecule has 0 N–H and O–H groups in total. The maximum Gasteiger partial charge on any atom is 0.246 e. The van der Waals surface area contributed by atoms with E-state index in [9.17, 15) is 13.2 Å². The zero-order valence-corrected chi connectivity index (χ0v) is 17.6. The maximum absolute atomic E-state index is 12.4. The number of furan rings is 1. The molecule has 156 valence electrons. The summed E-state index contributed by atoms with van der Waals surface area (Å²) in [4.78, 5) is 16.5. The van der Waals surface area contributed by atoms with Gasteiger partial charge in [-0.3, -0.25) is 9.48 Å². The number of amides is 1. The van der Waals surface area contributed by atoms with Crippen LogP contribution in [-0.4, -0.2) is 66.7 Å². The van der Waals surface area contributed by atoms with E-state index >= 15 is 0 Å². The summed E-state index contributed by atoms with van der Waals surface area (Å²) < 4.78 is 30.8. The molecule has 2 aliphatic heterocycles. The van der Waals surface area contributed by atoms with Gasteiger partial charge in [0.1, 0.15) is 5.76 Å². The first kappa shape index (κ1) is 19.8. The number of hydrogen-bond acceptors (Lipinski definition) is 6. The van der Waals surface area contributed by atoms with Crippen molar-refractivity contribution < 1.29 is 17.6 Å². The minimum Gasteiger partial charge on any atom is -0.465 e. The van der Waals surface area contributed by atoms with Crippen molar-refractivity contribution >= 4 is 27.5 Å². The van der Waals surface area contributed by atoms with Crippen LogP contribution >= 0.6 is 0 Å². The lowest BCUT2D eigenvalue weighted by atomic mass is 10.2. The van der Waals surface area contributed by atoms with Gasteiger partial charge in [0.15, 0.2) is 9.84 Å². The second-order valence-corrected chi connectivity index (χ2v) is 9.91. The Morgan fingerprint density at radius 1 is 1.24 bits per heavy atom. The van der Waals surface area contributed by atoms with Gasteiger partial charge in [0.05, 0.1) is 40.9 Å². The highest BCUT2D eigenvalue weighted by molar-refractivity contribution is 7.91. The third-order valence-corrected chi connectivity index (χ3v) is 7.43. The summed E-state index contributed by atoms with van der Waals surface area (Å²) in [5.41, 5.74) is 2.97. The van der Waals surface area contributed by atoms with Gasteiger partial charge in [-0.25, -0.2) is 8.42 Å². The molecule has 0 aliphatic carbocycles. The average Bonchev–Trinajstić information content (AvgIpc) is 3.40. The van der Waals surface area contributed by atoms with E-state index in [0.29, 0.717) is 25.3 Å². The minimum atomic E-state index is -2.96. The van der Waals surface area contributed by atoms with Gasteiger partial charge in [0, 0.05) is 32.3 Å². The fraction of sp³-hybridized carbons (Fsp3) is 0.500. The molecule has 0 radical (unpaired) electrons. The summed E-state index contributed by atoms with van der Waals surface area (Å²) in [6.45, 7) is 6.66. The van der Waals surface area contributed by atoms with Crippen molar-refractivity contribution in [2.24, 2.45) is 0 Å². The molecular formula is C20H26N4O4S. The Morgan fingerprint density at radius 3 is 2.62 bits per heavy atom. The van der Waals surface area contributed by atoms with Crippen molar-refractivity contribution in [2.45, 2.75) is 26.3 Å². The van der Waals surface area contributed by atoms with Crippen LogP contribution in [-0.2, 0) is 14.6 Å². The molecule has 0 saturated carbocycles. The summed E-state index contributed by atoms with van der Waals surface area (Å²) in [5.74, 6) is 1.03. The minimum absolute atomic E-state index is 0.0265. The molecule has 2 fully saturated rings. The van der Waals surface area contributed by atoms with Gasteiger partial charge in [-0.2, -0.15) is 5.10 Å². The van der Waals surface area contributed by atoms with Gasteiger partial charge in [-0.1, -0.05) is 0 Å². The quantitative estimate of drug-likeness (QED) is 0.704. The molecule has 9 heteroatoms.